The van der Waals surface area contributed by atoms with Crippen LogP contribution in [-0.2, 0) is 18.8 Å². The van der Waals surface area contributed by atoms with Crippen molar-refractivity contribution in [3.05, 3.63) is 4.91 Å². The van der Waals surface area contributed by atoms with Gasteiger partial charge in [0.1, 0.15) is 11.6 Å². The molecule has 0 radical (unpaired) electrons. The van der Waals surface area contributed by atoms with Gasteiger partial charge in [-0.05, 0) is 83.0 Å². The van der Waals surface area contributed by atoms with E-state index in [9.17, 15) is 14.5 Å². The molecule has 2 amide bonds. The topological polar surface area (TPSA) is 166 Å². The SMILES string of the molecule is CC(C)C[C@H](NC(=O)[C@H](CCCN=C(N)NN=O)NC(=O)OC(C)(C)C)B1O[C@@H]2C[C@@H]3C[C@@H](C3(C)C)[C@]2(C)O1. The zero-order valence-electron chi connectivity index (χ0n) is 24.7. The van der Waals surface area contributed by atoms with Gasteiger partial charge in [0.2, 0.25) is 11.9 Å². The van der Waals surface area contributed by atoms with Crippen LogP contribution in [0.3, 0.4) is 0 Å². The fourth-order valence-electron chi connectivity index (χ4n) is 6.40. The lowest BCUT2D eigenvalue weighted by molar-refractivity contribution is -0.199. The number of rotatable bonds is 11. The van der Waals surface area contributed by atoms with Gasteiger partial charge in [-0.1, -0.05) is 27.7 Å². The van der Waals surface area contributed by atoms with Crippen LogP contribution in [0.15, 0.2) is 10.3 Å². The Morgan fingerprint density at radius 1 is 1.18 bits per heavy atom. The lowest BCUT2D eigenvalue weighted by Crippen LogP contribution is -2.65. The summed E-state index contributed by atoms with van der Waals surface area (Å²) < 4.78 is 18.5. The second-order valence-corrected chi connectivity index (χ2v) is 13.4. The van der Waals surface area contributed by atoms with Crippen molar-refractivity contribution in [1.82, 2.24) is 16.1 Å². The molecule has 0 spiro atoms. The number of hydrogen-bond donors (Lipinski definition) is 4. The van der Waals surface area contributed by atoms with Crippen LogP contribution in [0.4, 0.5) is 4.79 Å². The first-order valence-corrected chi connectivity index (χ1v) is 14.1. The van der Waals surface area contributed by atoms with Gasteiger partial charge < -0.3 is 30.4 Å². The summed E-state index contributed by atoms with van der Waals surface area (Å²) in [6.07, 6.45) is 2.76. The van der Waals surface area contributed by atoms with Crippen LogP contribution in [0.25, 0.3) is 0 Å². The molecule has 3 aliphatic carbocycles. The molecule has 12 nitrogen and oxygen atoms in total. The molecule has 39 heavy (non-hydrogen) atoms. The fourth-order valence-corrected chi connectivity index (χ4v) is 6.40. The van der Waals surface area contributed by atoms with E-state index >= 15 is 0 Å². The molecule has 1 heterocycles. The minimum absolute atomic E-state index is 0.000639. The Labute approximate surface area is 232 Å². The van der Waals surface area contributed by atoms with Crippen LogP contribution >= 0.6 is 0 Å². The maximum atomic E-state index is 13.6. The third-order valence-corrected chi connectivity index (χ3v) is 8.45. The molecule has 4 fully saturated rings. The smallest absolute Gasteiger partial charge is 0.444 e. The molecule has 0 unspecified atom stereocenters. The summed E-state index contributed by atoms with van der Waals surface area (Å²) in [5, 5.41) is 8.29. The first-order valence-electron chi connectivity index (χ1n) is 14.1. The second-order valence-electron chi connectivity index (χ2n) is 13.4. The number of amides is 2. The number of ether oxygens (including phenoxy) is 1. The number of aliphatic imine (C=N–C) groups is 1. The predicted octanol–water partition coefficient (Wildman–Crippen LogP) is 3.04. The summed E-state index contributed by atoms with van der Waals surface area (Å²) in [7, 11) is -0.574. The van der Waals surface area contributed by atoms with Gasteiger partial charge in [0, 0.05) is 6.54 Å². The Morgan fingerprint density at radius 3 is 2.46 bits per heavy atom. The van der Waals surface area contributed by atoms with Crippen molar-refractivity contribution in [3.63, 3.8) is 0 Å². The van der Waals surface area contributed by atoms with E-state index in [2.05, 4.69) is 55.5 Å². The Bertz CT molecular complexity index is 940. The van der Waals surface area contributed by atoms with E-state index in [1.54, 1.807) is 20.8 Å². The number of guanidine groups is 1. The normalized spacial score (nSPS) is 29.1. The van der Waals surface area contributed by atoms with Gasteiger partial charge in [0.25, 0.3) is 0 Å². The van der Waals surface area contributed by atoms with E-state index < -0.39 is 24.9 Å². The van der Waals surface area contributed by atoms with Crippen LogP contribution in [-0.4, -0.2) is 60.9 Å². The van der Waals surface area contributed by atoms with Crippen molar-refractivity contribution in [2.24, 2.45) is 39.2 Å². The first-order chi connectivity index (χ1) is 18.1. The second kappa shape index (κ2) is 12.0. The molecule has 2 bridgehead atoms. The summed E-state index contributed by atoms with van der Waals surface area (Å²) in [5.74, 6) is 0.448. The fraction of sp³-hybridized carbons (Fsp3) is 0.885. The number of carbonyl (C=O) groups excluding carboxylic acids is 2. The van der Waals surface area contributed by atoms with E-state index in [0.717, 1.165) is 12.8 Å². The first kappa shape index (κ1) is 31.1. The molecule has 5 N–H and O–H groups in total. The Balaban J connectivity index is 1.71. The highest BCUT2D eigenvalue weighted by Crippen LogP contribution is 2.65. The number of hydrogen-bond acceptors (Lipinski definition) is 8. The molecule has 1 aliphatic heterocycles. The monoisotopic (exact) mass is 550 g/mol. The highest BCUT2D eigenvalue weighted by atomic mass is 16.7. The highest BCUT2D eigenvalue weighted by Gasteiger charge is 2.68. The summed E-state index contributed by atoms with van der Waals surface area (Å²) in [6.45, 7) is 16.5. The van der Waals surface area contributed by atoms with E-state index in [-0.39, 0.29) is 53.8 Å². The highest BCUT2D eigenvalue weighted by molar-refractivity contribution is 6.47. The van der Waals surface area contributed by atoms with Gasteiger partial charge in [0.05, 0.1) is 22.9 Å². The molecule has 0 aromatic carbocycles. The van der Waals surface area contributed by atoms with E-state index in [1.807, 2.05) is 5.43 Å². The number of nitrogens with two attached hydrogens (primary N) is 1. The largest absolute Gasteiger partial charge is 0.481 e. The number of nitroso groups, excluding NO2 is 1. The van der Waals surface area contributed by atoms with E-state index in [1.165, 1.54) is 0 Å². The molecule has 3 saturated carbocycles. The van der Waals surface area contributed by atoms with Crippen molar-refractivity contribution in [2.75, 3.05) is 6.54 Å². The van der Waals surface area contributed by atoms with Crippen LogP contribution in [0.1, 0.15) is 87.5 Å². The maximum absolute atomic E-state index is 13.6. The zero-order chi connectivity index (χ0) is 29.2. The van der Waals surface area contributed by atoms with Crippen LogP contribution in [0, 0.1) is 28.1 Å². The molecular weight excluding hydrogens is 503 g/mol. The number of alkyl carbamates (subject to hydrolysis) is 1. The molecule has 4 rings (SSSR count). The molecule has 6 atom stereocenters. The van der Waals surface area contributed by atoms with Crippen molar-refractivity contribution in [2.45, 2.75) is 117 Å². The van der Waals surface area contributed by atoms with Crippen molar-refractivity contribution >= 4 is 25.1 Å². The van der Waals surface area contributed by atoms with Gasteiger partial charge in [-0.2, -0.15) is 0 Å². The third kappa shape index (κ3) is 7.42. The van der Waals surface area contributed by atoms with Crippen molar-refractivity contribution < 1.29 is 23.6 Å². The minimum atomic E-state index is -0.880. The Kier molecular flexibility index (Phi) is 9.57. The van der Waals surface area contributed by atoms with Crippen LogP contribution in [0.5, 0.6) is 0 Å². The molecular formula is C26H47BN6O6. The third-order valence-electron chi connectivity index (χ3n) is 8.45. The quantitative estimate of drug-likeness (QED) is 0.0761. The summed E-state index contributed by atoms with van der Waals surface area (Å²) in [4.78, 5) is 40.4. The van der Waals surface area contributed by atoms with Crippen LogP contribution in [0.2, 0.25) is 0 Å². The molecule has 0 aromatic heterocycles. The summed E-state index contributed by atoms with van der Waals surface area (Å²) in [5.41, 5.74) is 6.66. The van der Waals surface area contributed by atoms with Gasteiger partial charge in [0.15, 0.2) is 0 Å². The summed E-state index contributed by atoms with van der Waals surface area (Å²) >= 11 is 0. The number of nitrogens with zero attached hydrogens (tertiary/aromatic N) is 2. The average molecular weight is 551 g/mol. The molecule has 4 aliphatic rings. The van der Waals surface area contributed by atoms with E-state index in [0.29, 0.717) is 24.7 Å². The minimum Gasteiger partial charge on any atom is -0.444 e. The van der Waals surface area contributed by atoms with Crippen molar-refractivity contribution in [1.29, 1.82) is 0 Å². The van der Waals surface area contributed by atoms with Gasteiger partial charge >= 0.3 is 13.2 Å². The van der Waals surface area contributed by atoms with Gasteiger partial charge in [-0.3, -0.25) is 9.79 Å². The summed E-state index contributed by atoms with van der Waals surface area (Å²) in [6, 6.07) is -0.880. The lowest BCUT2D eigenvalue weighted by Gasteiger charge is -2.64. The standard InChI is InChI=1S/C26H47BN6O6/c1-15(2)12-20(27-38-19-14-16-13-18(25(16,6)7)26(19,8)39-27)31-21(34)17(30-23(35)37-24(3,4)5)10-9-11-29-22(28)32-33-36/h15-20H,9-14H2,1-8H3,(H,30,35)(H,31,34)(H3,28,29,32,36)/t16-,17-,18-,19+,20-,26-/m0/s1. The maximum Gasteiger partial charge on any atom is 0.481 e. The Hall–Kier alpha value is -2.41. The van der Waals surface area contributed by atoms with Crippen molar-refractivity contribution in [3.8, 4) is 0 Å². The number of nitrogens with one attached hydrogen (secondary N) is 3. The van der Waals surface area contributed by atoms with Gasteiger partial charge in [-0.25, -0.2) is 10.2 Å². The van der Waals surface area contributed by atoms with Gasteiger partial charge in [-0.15, -0.1) is 4.91 Å². The molecule has 220 valence electrons. The molecule has 1 saturated heterocycles. The number of carbonyl (C=O) groups is 2. The zero-order valence-corrected chi connectivity index (χ0v) is 24.7. The molecule has 13 heteroatoms. The van der Waals surface area contributed by atoms with E-state index in [4.69, 9.17) is 19.8 Å². The Morgan fingerprint density at radius 2 is 1.87 bits per heavy atom. The van der Waals surface area contributed by atoms with Crippen LogP contribution < -0.4 is 21.8 Å². The lowest BCUT2D eigenvalue weighted by atomic mass is 9.43. The average Bonchev–Trinajstić information content (AvgIpc) is 3.16. The predicted molar refractivity (Wildman–Crippen MR) is 149 cm³/mol. The molecule has 0 aromatic rings.